The number of H-pyrrole nitrogens is 1. The van der Waals surface area contributed by atoms with Crippen LogP contribution in [0.1, 0.15) is 18.4 Å². The van der Waals surface area contributed by atoms with Crippen LogP contribution in [0.15, 0.2) is 91.1 Å². The third kappa shape index (κ3) is 4.08. The summed E-state index contributed by atoms with van der Waals surface area (Å²) in [5.74, 6) is -1.21. The lowest BCUT2D eigenvalue weighted by atomic mass is 10.0. The topological polar surface area (TPSA) is 96.9 Å². The maximum absolute atomic E-state index is 14.1. The quantitative estimate of drug-likeness (QED) is 0.405. The summed E-state index contributed by atoms with van der Waals surface area (Å²) in [5, 5.41) is 11.3. The van der Waals surface area contributed by atoms with Crippen molar-refractivity contribution in [3.63, 3.8) is 0 Å². The number of nitrogens with one attached hydrogen (secondary N) is 1. The minimum Gasteiger partial charge on any atom is -0.480 e. The molecule has 1 aromatic heterocycles. The molecule has 0 unspecified atom stereocenters. The van der Waals surface area contributed by atoms with E-state index in [9.17, 15) is 19.5 Å². The highest BCUT2D eigenvalue weighted by molar-refractivity contribution is 6.01. The molecule has 0 aliphatic carbocycles. The molecule has 3 atom stereocenters. The van der Waals surface area contributed by atoms with Crippen molar-refractivity contribution in [2.75, 3.05) is 11.4 Å². The number of amides is 3. The van der Waals surface area contributed by atoms with Crippen molar-refractivity contribution >= 4 is 40.2 Å². The third-order valence-electron chi connectivity index (χ3n) is 7.68. The highest BCUT2D eigenvalue weighted by Gasteiger charge is 2.53. The second-order valence-electron chi connectivity index (χ2n) is 9.86. The molecule has 8 nitrogen and oxygen atoms in total. The molecule has 38 heavy (non-hydrogen) atoms. The molecule has 2 aliphatic rings. The molecule has 2 N–H and O–H groups in total. The van der Waals surface area contributed by atoms with Crippen LogP contribution in [0.25, 0.3) is 10.9 Å². The average molecular weight is 509 g/mol. The number of carbonyl (C=O) groups is 3. The number of benzene rings is 3. The first-order valence-electron chi connectivity index (χ1n) is 12.8. The second-order valence-corrected chi connectivity index (χ2v) is 9.86. The first-order chi connectivity index (χ1) is 18.5. The van der Waals surface area contributed by atoms with Crippen molar-refractivity contribution in [1.29, 1.82) is 0 Å². The average Bonchev–Trinajstić information content (AvgIpc) is 3.48. The fourth-order valence-electron chi connectivity index (χ4n) is 6.02. The summed E-state index contributed by atoms with van der Waals surface area (Å²) < 4.78 is 0. The van der Waals surface area contributed by atoms with Gasteiger partial charge in [0.15, 0.2) is 6.04 Å². The van der Waals surface area contributed by atoms with Gasteiger partial charge < -0.3 is 19.9 Å². The van der Waals surface area contributed by atoms with Crippen molar-refractivity contribution in [1.82, 2.24) is 14.8 Å². The maximum atomic E-state index is 14.1. The van der Waals surface area contributed by atoms with Gasteiger partial charge >= 0.3 is 12.0 Å². The van der Waals surface area contributed by atoms with E-state index in [1.54, 1.807) is 9.80 Å². The van der Waals surface area contributed by atoms with Crippen molar-refractivity contribution in [3.05, 3.63) is 96.7 Å². The summed E-state index contributed by atoms with van der Waals surface area (Å²) in [4.78, 5) is 48.3. The van der Waals surface area contributed by atoms with Gasteiger partial charge in [0.25, 0.3) is 0 Å². The van der Waals surface area contributed by atoms with Gasteiger partial charge in [0, 0.05) is 29.7 Å². The predicted molar refractivity (Wildman–Crippen MR) is 144 cm³/mol. The number of urea groups is 1. The molecule has 2 fully saturated rings. The number of carboxylic acid groups (broad SMARTS) is 1. The smallest absolute Gasteiger partial charge is 0.329 e. The van der Waals surface area contributed by atoms with Gasteiger partial charge in [-0.1, -0.05) is 54.6 Å². The minimum atomic E-state index is -1.14. The zero-order valence-corrected chi connectivity index (χ0v) is 20.7. The second kappa shape index (κ2) is 9.70. The molecule has 4 aromatic rings. The highest BCUT2D eigenvalue weighted by atomic mass is 16.4. The van der Waals surface area contributed by atoms with Gasteiger partial charge in [-0.3, -0.25) is 9.69 Å². The molecule has 0 saturated carbocycles. The Morgan fingerprint density at radius 1 is 0.868 bits per heavy atom. The summed E-state index contributed by atoms with van der Waals surface area (Å²) in [5.41, 5.74) is 3.14. The fourth-order valence-corrected chi connectivity index (χ4v) is 6.02. The van der Waals surface area contributed by atoms with E-state index in [0.29, 0.717) is 24.2 Å². The molecular weight excluding hydrogens is 480 g/mol. The van der Waals surface area contributed by atoms with E-state index < -0.39 is 24.1 Å². The maximum Gasteiger partial charge on any atom is 0.329 e. The number of para-hydroxylation sites is 3. The van der Waals surface area contributed by atoms with Gasteiger partial charge in [0.2, 0.25) is 5.91 Å². The Balaban J connectivity index is 1.30. The van der Waals surface area contributed by atoms with E-state index >= 15 is 0 Å². The minimum absolute atomic E-state index is 0.108. The first kappa shape index (κ1) is 23.8. The molecule has 3 aromatic carbocycles. The number of aliphatic carboxylic acids is 1. The number of hydrogen-bond donors (Lipinski definition) is 2. The lowest BCUT2D eigenvalue weighted by molar-refractivity contribution is -0.150. The van der Waals surface area contributed by atoms with E-state index in [0.717, 1.165) is 16.5 Å². The zero-order valence-electron chi connectivity index (χ0n) is 20.7. The monoisotopic (exact) mass is 508 g/mol. The normalized spacial score (nSPS) is 20.5. The van der Waals surface area contributed by atoms with Crippen molar-refractivity contribution < 1.29 is 19.5 Å². The SMILES string of the molecule is O=C(O)[C@@H]1[C@H]2CC[C@@H](CN1C(=O)N(c1ccccc1)c1ccccc1)N2C(=O)Cc1c[nH]c2ccccc12. The van der Waals surface area contributed by atoms with Crippen LogP contribution in [-0.4, -0.2) is 62.5 Å². The summed E-state index contributed by atoms with van der Waals surface area (Å²) in [6.07, 6.45) is 3.23. The number of nitrogens with zero attached hydrogens (tertiary/aromatic N) is 3. The molecule has 8 heteroatoms. The lowest BCUT2D eigenvalue weighted by Crippen LogP contribution is -2.66. The van der Waals surface area contributed by atoms with E-state index in [4.69, 9.17) is 0 Å². The van der Waals surface area contributed by atoms with E-state index in [1.807, 2.05) is 91.1 Å². The number of carboxylic acids is 1. The molecule has 3 heterocycles. The number of piperazine rings is 1. The van der Waals surface area contributed by atoms with E-state index in [2.05, 4.69) is 4.98 Å². The van der Waals surface area contributed by atoms with Crippen LogP contribution in [0.2, 0.25) is 0 Å². The Bertz CT molecular complexity index is 1450. The molecule has 3 amide bonds. The first-order valence-corrected chi connectivity index (χ1v) is 12.8. The van der Waals surface area contributed by atoms with Gasteiger partial charge in [0.1, 0.15) is 0 Å². The number of aromatic amines is 1. The van der Waals surface area contributed by atoms with Gasteiger partial charge in [-0.15, -0.1) is 0 Å². The summed E-state index contributed by atoms with van der Waals surface area (Å²) in [6.45, 7) is 0.169. The number of carbonyl (C=O) groups excluding carboxylic acids is 2. The number of aromatic nitrogens is 1. The van der Waals surface area contributed by atoms with Crippen LogP contribution in [0.3, 0.4) is 0 Å². The van der Waals surface area contributed by atoms with Crippen LogP contribution >= 0.6 is 0 Å². The van der Waals surface area contributed by atoms with Crippen molar-refractivity contribution in [3.8, 4) is 0 Å². The van der Waals surface area contributed by atoms with Crippen molar-refractivity contribution in [2.45, 2.75) is 37.4 Å². The lowest BCUT2D eigenvalue weighted by Gasteiger charge is -2.46. The van der Waals surface area contributed by atoms with Crippen LogP contribution in [0.4, 0.5) is 16.2 Å². The largest absolute Gasteiger partial charge is 0.480 e. The summed E-state index contributed by atoms with van der Waals surface area (Å²) >= 11 is 0. The Morgan fingerprint density at radius 3 is 2.16 bits per heavy atom. The highest BCUT2D eigenvalue weighted by Crippen LogP contribution is 2.37. The Labute approximate surface area is 220 Å². The van der Waals surface area contributed by atoms with Crippen LogP contribution in [0.5, 0.6) is 0 Å². The van der Waals surface area contributed by atoms with Gasteiger partial charge in [-0.05, 0) is 48.7 Å². The molecule has 192 valence electrons. The number of fused-ring (bicyclic) bond motifs is 3. The van der Waals surface area contributed by atoms with Crippen molar-refractivity contribution in [2.24, 2.45) is 0 Å². The Morgan fingerprint density at radius 2 is 1.50 bits per heavy atom. The Hall–Kier alpha value is -4.59. The third-order valence-corrected chi connectivity index (χ3v) is 7.68. The number of anilines is 2. The standard InChI is InChI=1S/C30H28N4O4/c35-27(17-20-18-31-25-14-8-7-13-24(20)25)34-23-15-16-26(34)28(29(36)37)32(19-23)30(38)33(21-9-3-1-4-10-21)22-11-5-2-6-12-22/h1-14,18,23,26,28,31H,15-17,19H2,(H,36,37)/t23-,26+,28-/m0/s1. The molecule has 0 spiro atoms. The molecular formula is C30H28N4O4. The zero-order chi connectivity index (χ0) is 26.2. The molecule has 6 rings (SSSR count). The van der Waals surface area contributed by atoms with E-state index in [1.165, 1.54) is 4.90 Å². The molecule has 2 bridgehead atoms. The number of hydrogen-bond acceptors (Lipinski definition) is 3. The number of likely N-dealkylation sites (tertiary alicyclic amines) is 1. The summed E-state index contributed by atoms with van der Waals surface area (Å²) in [7, 11) is 0. The Kier molecular flexibility index (Phi) is 6.07. The van der Waals surface area contributed by atoms with Gasteiger partial charge in [-0.25, -0.2) is 9.59 Å². The molecule has 0 radical (unpaired) electrons. The van der Waals surface area contributed by atoms with Crippen LogP contribution < -0.4 is 4.90 Å². The molecule has 2 aliphatic heterocycles. The van der Waals surface area contributed by atoms with Gasteiger partial charge in [-0.2, -0.15) is 0 Å². The summed E-state index contributed by atoms with van der Waals surface area (Å²) in [6, 6.07) is 23.9. The number of rotatable bonds is 5. The fraction of sp³-hybridized carbons (Fsp3) is 0.233. The van der Waals surface area contributed by atoms with Crippen LogP contribution in [0, 0.1) is 0 Å². The van der Waals surface area contributed by atoms with Crippen LogP contribution in [-0.2, 0) is 16.0 Å². The van der Waals surface area contributed by atoms with Gasteiger partial charge in [0.05, 0.1) is 23.8 Å². The predicted octanol–water partition coefficient (Wildman–Crippen LogP) is 4.80. The van der Waals surface area contributed by atoms with E-state index in [-0.39, 0.29) is 24.9 Å². The molecule has 2 saturated heterocycles.